The maximum Gasteiger partial charge on any atom is 0.335 e. The number of nitrogens with one attached hydrogen (secondary N) is 1. The molecule has 1 heterocycles. The van der Waals surface area contributed by atoms with Crippen LogP contribution in [-0.4, -0.2) is 19.6 Å². The monoisotopic (exact) mass is 141 g/mol. The molecule has 0 bridgehead atoms. The summed E-state index contributed by atoms with van der Waals surface area (Å²) in [4.78, 5) is 10.9. The molecule has 1 N–H and O–H groups in total. The third kappa shape index (κ3) is 1.12. The van der Waals surface area contributed by atoms with Crippen molar-refractivity contribution in [3.05, 3.63) is 11.3 Å². The molecule has 1 aliphatic heterocycles. The molecule has 1 fully saturated rings. The predicted octanol–water partition coefficient (Wildman–Crippen LogP) is 0.427. The fourth-order valence-electron chi connectivity index (χ4n) is 0.926. The largest absolute Gasteiger partial charge is 0.462 e. The Morgan fingerprint density at radius 2 is 2.40 bits per heavy atom. The summed E-state index contributed by atoms with van der Waals surface area (Å²) >= 11 is 0. The Morgan fingerprint density at radius 3 is 2.80 bits per heavy atom. The van der Waals surface area contributed by atoms with E-state index in [0.717, 1.165) is 17.7 Å². The van der Waals surface area contributed by atoms with Crippen LogP contribution < -0.4 is 5.32 Å². The summed E-state index contributed by atoms with van der Waals surface area (Å²) in [6, 6.07) is 0. The van der Waals surface area contributed by atoms with Crippen LogP contribution in [-0.2, 0) is 9.53 Å². The van der Waals surface area contributed by atoms with Gasteiger partial charge in [-0.25, -0.2) is 4.79 Å². The molecule has 1 saturated heterocycles. The Hall–Kier alpha value is -0.990. The van der Waals surface area contributed by atoms with Crippen LogP contribution in [0, 0.1) is 0 Å². The van der Waals surface area contributed by atoms with Crippen LogP contribution in [0.15, 0.2) is 11.3 Å². The first-order valence-corrected chi connectivity index (χ1v) is 3.30. The first-order chi connectivity index (χ1) is 4.75. The van der Waals surface area contributed by atoms with Gasteiger partial charge in [-0.3, -0.25) is 0 Å². The lowest BCUT2D eigenvalue weighted by Gasteiger charge is -1.99. The fraction of sp³-hybridized carbons (Fsp3) is 0.571. The van der Waals surface area contributed by atoms with Gasteiger partial charge in [-0.2, -0.15) is 0 Å². The Morgan fingerprint density at radius 1 is 1.70 bits per heavy atom. The quantitative estimate of drug-likeness (QED) is 0.425. The Bertz CT molecular complexity index is 184. The number of cyclic esters (lactones) is 1. The highest BCUT2D eigenvalue weighted by atomic mass is 16.5. The predicted molar refractivity (Wildman–Crippen MR) is 37.3 cm³/mol. The van der Waals surface area contributed by atoms with Crippen LogP contribution >= 0.6 is 0 Å². The molecular weight excluding hydrogens is 130 g/mol. The van der Waals surface area contributed by atoms with Crippen molar-refractivity contribution in [2.45, 2.75) is 13.3 Å². The number of hydrogen-bond acceptors (Lipinski definition) is 3. The zero-order valence-corrected chi connectivity index (χ0v) is 6.23. The van der Waals surface area contributed by atoms with Crippen molar-refractivity contribution in [3.63, 3.8) is 0 Å². The number of carbonyl (C=O) groups is 1. The maximum absolute atomic E-state index is 10.9. The summed E-state index contributed by atoms with van der Waals surface area (Å²) in [5, 5.41) is 2.92. The van der Waals surface area contributed by atoms with E-state index in [1.54, 1.807) is 7.05 Å². The van der Waals surface area contributed by atoms with Gasteiger partial charge in [0.15, 0.2) is 0 Å². The number of rotatable bonds is 1. The lowest BCUT2D eigenvalue weighted by atomic mass is 10.2. The number of hydrogen-bond donors (Lipinski definition) is 1. The molecule has 0 amide bonds. The van der Waals surface area contributed by atoms with Crippen molar-refractivity contribution in [1.29, 1.82) is 0 Å². The van der Waals surface area contributed by atoms with E-state index in [1.807, 2.05) is 6.92 Å². The van der Waals surface area contributed by atoms with Crippen LogP contribution in [0.4, 0.5) is 0 Å². The summed E-state index contributed by atoms with van der Waals surface area (Å²) in [7, 11) is 1.80. The standard InChI is InChI=1S/C7H11NO2/c1-5(8-2)6-3-4-10-7(6)9/h8H,3-4H2,1-2H3/b6-5-. The molecule has 0 aliphatic carbocycles. The average Bonchev–Trinajstić information content (AvgIpc) is 2.34. The SMILES string of the molecule is CN/C(C)=C1/CCOC1=O. The first-order valence-electron chi connectivity index (χ1n) is 3.30. The summed E-state index contributed by atoms with van der Waals surface area (Å²) in [6.45, 7) is 2.41. The van der Waals surface area contributed by atoms with E-state index in [1.165, 1.54) is 0 Å². The fourth-order valence-corrected chi connectivity index (χ4v) is 0.926. The number of esters is 1. The zero-order chi connectivity index (χ0) is 7.56. The van der Waals surface area contributed by atoms with Gasteiger partial charge in [-0.15, -0.1) is 0 Å². The number of ether oxygens (including phenoxy) is 1. The molecule has 3 heteroatoms. The Balaban J connectivity index is 2.79. The molecule has 0 aromatic rings. The van der Waals surface area contributed by atoms with Crippen LogP contribution in [0.2, 0.25) is 0 Å². The van der Waals surface area contributed by atoms with E-state index in [9.17, 15) is 4.79 Å². The molecule has 0 aromatic carbocycles. The molecule has 3 nitrogen and oxygen atoms in total. The van der Waals surface area contributed by atoms with Crippen molar-refractivity contribution >= 4 is 5.97 Å². The smallest absolute Gasteiger partial charge is 0.335 e. The van der Waals surface area contributed by atoms with Gasteiger partial charge in [0, 0.05) is 19.2 Å². The van der Waals surface area contributed by atoms with Gasteiger partial charge in [-0.1, -0.05) is 0 Å². The third-order valence-corrected chi connectivity index (χ3v) is 1.66. The maximum atomic E-state index is 10.9. The molecule has 56 valence electrons. The lowest BCUT2D eigenvalue weighted by Crippen LogP contribution is -2.08. The van der Waals surface area contributed by atoms with Crippen molar-refractivity contribution in [1.82, 2.24) is 5.32 Å². The van der Waals surface area contributed by atoms with Gasteiger partial charge in [0.2, 0.25) is 0 Å². The van der Waals surface area contributed by atoms with Crippen LogP contribution in [0.1, 0.15) is 13.3 Å². The first kappa shape index (κ1) is 7.12. The highest BCUT2D eigenvalue weighted by molar-refractivity contribution is 5.90. The summed E-state index contributed by atoms with van der Waals surface area (Å²) in [6.07, 6.45) is 0.742. The van der Waals surface area contributed by atoms with Gasteiger partial charge in [0.1, 0.15) is 0 Å². The van der Waals surface area contributed by atoms with E-state index < -0.39 is 0 Å². The normalized spacial score (nSPS) is 22.4. The molecule has 0 atom stereocenters. The molecule has 0 saturated carbocycles. The van der Waals surface area contributed by atoms with E-state index in [0.29, 0.717) is 6.61 Å². The highest BCUT2D eigenvalue weighted by Gasteiger charge is 2.20. The van der Waals surface area contributed by atoms with Gasteiger partial charge in [0.25, 0.3) is 0 Å². The third-order valence-electron chi connectivity index (χ3n) is 1.66. The average molecular weight is 141 g/mol. The van der Waals surface area contributed by atoms with E-state index in [2.05, 4.69) is 5.32 Å². The molecule has 0 unspecified atom stereocenters. The second-order valence-corrected chi connectivity index (χ2v) is 2.24. The topological polar surface area (TPSA) is 38.3 Å². The van der Waals surface area contributed by atoms with Gasteiger partial charge < -0.3 is 10.1 Å². The van der Waals surface area contributed by atoms with Crippen LogP contribution in [0.25, 0.3) is 0 Å². The van der Waals surface area contributed by atoms with Crippen LogP contribution in [0.3, 0.4) is 0 Å². The van der Waals surface area contributed by atoms with Crippen molar-refractivity contribution in [3.8, 4) is 0 Å². The molecule has 1 rings (SSSR count). The summed E-state index contributed by atoms with van der Waals surface area (Å²) < 4.78 is 4.75. The summed E-state index contributed by atoms with van der Waals surface area (Å²) in [5.74, 6) is -0.174. The second-order valence-electron chi connectivity index (χ2n) is 2.24. The van der Waals surface area contributed by atoms with Crippen molar-refractivity contribution in [2.24, 2.45) is 0 Å². The van der Waals surface area contributed by atoms with E-state index in [-0.39, 0.29) is 5.97 Å². The van der Waals surface area contributed by atoms with Gasteiger partial charge in [-0.05, 0) is 6.92 Å². The Kier molecular flexibility index (Phi) is 1.94. The molecule has 0 spiro atoms. The second kappa shape index (κ2) is 2.73. The molecule has 0 radical (unpaired) electrons. The van der Waals surface area contributed by atoms with Crippen LogP contribution in [0.5, 0.6) is 0 Å². The van der Waals surface area contributed by atoms with Gasteiger partial charge >= 0.3 is 5.97 Å². The highest BCUT2D eigenvalue weighted by Crippen LogP contribution is 2.15. The molecule has 0 aromatic heterocycles. The Labute approximate surface area is 60.1 Å². The van der Waals surface area contributed by atoms with Crippen molar-refractivity contribution < 1.29 is 9.53 Å². The van der Waals surface area contributed by atoms with Gasteiger partial charge in [0.05, 0.1) is 12.2 Å². The molecular formula is C7H11NO2. The number of carbonyl (C=O) groups excluding carboxylic acids is 1. The van der Waals surface area contributed by atoms with E-state index in [4.69, 9.17) is 4.74 Å². The molecule has 10 heavy (non-hydrogen) atoms. The van der Waals surface area contributed by atoms with Crippen molar-refractivity contribution in [2.75, 3.05) is 13.7 Å². The zero-order valence-electron chi connectivity index (χ0n) is 6.23. The minimum atomic E-state index is -0.174. The molecule has 1 aliphatic rings. The number of allylic oxidation sites excluding steroid dienone is 1. The minimum Gasteiger partial charge on any atom is -0.462 e. The minimum absolute atomic E-state index is 0.174. The van der Waals surface area contributed by atoms with E-state index >= 15 is 0 Å². The lowest BCUT2D eigenvalue weighted by molar-refractivity contribution is -0.135. The summed E-state index contributed by atoms with van der Waals surface area (Å²) in [5.41, 5.74) is 1.70.